The van der Waals surface area contributed by atoms with E-state index >= 15 is 0 Å². The van der Waals surface area contributed by atoms with Crippen LogP contribution < -0.4 is 11.1 Å². The Morgan fingerprint density at radius 2 is 2.00 bits per heavy atom. The molecule has 0 aliphatic carbocycles. The summed E-state index contributed by atoms with van der Waals surface area (Å²) in [7, 11) is 2.08. The molecule has 2 aromatic carbocycles. The third kappa shape index (κ3) is 3.80. The van der Waals surface area contributed by atoms with Crippen molar-refractivity contribution in [3.63, 3.8) is 0 Å². The molecule has 0 unspecified atom stereocenters. The number of hydrogen-bond acceptors (Lipinski definition) is 4. The van der Waals surface area contributed by atoms with E-state index in [-0.39, 0.29) is 23.6 Å². The molecule has 29 heavy (non-hydrogen) atoms. The maximum absolute atomic E-state index is 14.4. The number of nitrogens with zero attached hydrogens (tertiary/aromatic N) is 2. The first-order valence-corrected chi connectivity index (χ1v) is 9.87. The van der Waals surface area contributed by atoms with Gasteiger partial charge in [0.25, 0.3) is 5.91 Å². The third-order valence-corrected chi connectivity index (χ3v) is 5.71. The lowest BCUT2D eigenvalue weighted by molar-refractivity contribution is 0.0919. The number of halogens is 1. The Labute approximate surface area is 169 Å². The molecule has 6 heteroatoms. The van der Waals surface area contributed by atoms with Gasteiger partial charge in [-0.25, -0.2) is 9.37 Å². The van der Waals surface area contributed by atoms with Gasteiger partial charge in [-0.1, -0.05) is 24.3 Å². The fourth-order valence-electron chi connectivity index (χ4n) is 4.04. The largest absolute Gasteiger partial charge is 0.383 e. The Morgan fingerprint density at radius 1 is 1.24 bits per heavy atom. The molecule has 1 aliphatic rings. The van der Waals surface area contributed by atoms with E-state index in [1.165, 1.54) is 6.07 Å². The van der Waals surface area contributed by atoms with Crippen LogP contribution in [0, 0.1) is 12.7 Å². The van der Waals surface area contributed by atoms with E-state index in [1.807, 2.05) is 31.2 Å². The summed E-state index contributed by atoms with van der Waals surface area (Å²) in [5.74, 6) is -0.268. The van der Waals surface area contributed by atoms with Gasteiger partial charge >= 0.3 is 0 Å². The van der Waals surface area contributed by atoms with Crippen LogP contribution in [0.25, 0.3) is 21.9 Å². The quantitative estimate of drug-likeness (QED) is 0.712. The molecule has 3 N–H and O–H groups in total. The summed E-state index contributed by atoms with van der Waals surface area (Å²) in [5.41, 5.74) is 8.62. The highest BCUT2D eigenvalue weighted by Crippen LogP contribution is 2.31. The van der Waals surface area contributed by atoms with Gasteiger partial charge in [0.15, 0.2) is 0 Å². The monoisotopic (exact) mass is 392 g/mol. The van der Waals surface area contributed by atoms with Crippen molar-refractivity contribution in [3.05, 3.63) is 59.5 Å². The summed E-state index contributed by atoms with van der Waals surface area (Å²) in [4.78, 5) is 19.5. The van der Waals surface area contributed by atoms with E-state index in [4.69, 9.17) is 5.73 Å². The first kappa shape index (κ1) is 19.3. The normalized spacial score (nSPS) is 15.6. The molecule has 1 amide bonds. The number of hydrogen-bond donors (Lipinski definition) is 2. The molecule has 0 atom stereocenters. The van der Waals surface area contributed by atoms with Gasteiger partial charge in [-0.3, -0.25) is 4.79 Å². The van der Waals surface area contributed by atoms with E-state index < -0.39 is 0 Å². The number of aryl methyl sites for hydroxylation is 1. The fourth-order valence-corrected chi connectivity index (χ4v) is 4.04. The van der Waals surface area contributed by atoms with Crippen LogP contribution in [-0.4, -0.2) is 42.0 Å². The zero-order chi connectivity index (χ0) is 20.5. The number of nitrogens with two attached hydrogens (primary N) is 1. The molecule has 0 radical (unpaired) electrons. The van der Waals surface area contributed by atoms with E-state index in [0.29, 0.717) is 11.1 Å². The van der Waals surface area contributed by atoms with Crippen molar-refractivity contribution < 1.29 is 9.18 Å². The number of nitrogen functional groups attached to an aromatic ring is 1. The van der Waals surface area contributed by atoms with Crippen molar-refractivity contribution in [2.45, 2.75) is 25.8 Å². The Morgan fingerprint density at radius 3 is 2.72 bits per heavy atom. The van der Waals surface area contributed by atoms with Crippen molar-refractivity contribution in [1.82, 2.24) is 15.2 Å². The molecule has 2 heterocycles. The zero-order valence-corrected chi connectivity index (χ0v) is 16.7. The predicted molar refractivity (Wildman–Crippen MR) is 114 cm³/mol. The standard InChI is InChI=1S/C23H25FN4O/c1-14-4-3-5-19(24)20(14)15-6-7-18-16(12-15)13-26-22(25)21(18)23(29)27-17-8-10-28(2)11-9-17/h3-7,12-13,17H,8-11H2,1-2H3,(H2,25,26)(H,27,29). The minimum absolute atomic E-state index is 0.133. The Hall–Kier alpha value is -2.99. The van der Waals surface area contributed by atoms with Gasteiger partial charge in [-0.2, -0.15) is 0 Å². The van der Waals surface area contributed by atoms with Crippen molar-refractivity contribution in [2.75, 3.05) is 25.9 Å². The number of anilines is 1. The molecule has 5 nitrogen and oxygen atoms in total. The van der Waals surface area contributed by atoms with Crippen molar-refractivity contribution >= 4 is 22.5 Å². The highest BCUT2D eigenvalue weighted by Gasteiger charge is 2.22. The van der Waals surface area contributed by atoms with Crippen LogP contribution in [-0.2, 0) is 0 Å². The molecule has 1 fully saturated rings. The van der Waals surface area contributed by atoms with Crippen LogP contribution in [0.15, 0.2) is 42.6 Å². The summed E-state index contributed by atoms with van der Waals surface area (Å²) in [6.07, 6.45) is 3.46. The lowest BCUT2D eigenvalue weighted by atomic mass is 9.96. The van der Waals surface area contributed by atoms with Gasteiger partial charge in [0, 0.05) is 23.2 Å². The number of fused-ring (bicyclic) bond motifs is 1. The van der Waals surface area contributed by atoms with E-state index in [2.05, 4.69) is 22.2 Å². The van der Waals surface area contributed by atoms with Crippen LogP contribution in [0.3, 0.4) is 0 Å². The maximum atomic E-state index is 14.4. The predicted octanol–water partition coefficient (Wildman–Crippen LogP) is 3.76. The van der Waals surface area contributed by atoms with E-state index in [0.717, 1.165) is 47.8 Å². The average Bonchev–Trinajstić information content (AvgIpc) is 2.69. The second-order valence-electron chi connectivity index (χ2n) is 7.80. The number of likely N-dealkylation sites (tertiary alicyclic amines) is 1. The van der Waals surface area contributed by atoms with Gasteiger partial charge in [-0.15, -0.1) is 0 Å². The molecule has 4 rings (SSSR count). The molecular weight excluding hydrogens is 367 g/mol. The zero-order valence-electron chi connectivity index (χ0n) is 16.7. The van der Waals surface area contributed by atoms with Crippen molar-refractivity contribution in [3.8, 4) is 11.1 Å². The second-order valence-corrected chi connectivity index (χ2v) is 7.80. The molecule has 150 valence electrons. The van der Waals surface area contributed by atoms with Gasteiger partial charge < -0.3 is 16.0 Å². The molecule has 1 saturated heterocycles. The number of benzene rings is 2. The molecule has 1 aromatic heterocycles. The number of amides is 1. The first-order chi connectivity index (χ1) is 13.9. The van der Waals surface area contributed by atoms with Crippen LogP contribution in [0.1, 0.15) is 28.8 Å². The minimum atomic E-state index is -0.270. The average molecular weight is 392 g/mol. The lowest BCUT2D eigenvalue weighted by Gasteiger charge is -2.29. The topological polar surface area (TPSA) is 71.2 Å². The number of rotatable bonds is 3. The van der Waals surface area contributed by atoms with Crippen LogP contribution in [0.2, 0.25) is 0 Å². The van der Waals surface area contributed by atoms with Crippen LogP contribution in [0.4, 0.5) is 10.2 Å². The number of carbonyl (C=O) groups excluding carboxylic acids is 1. The summed E-state index contributed by atoms with van der Waals surface area (Å²) in [6, 6.07) is 10.7. The van der Waals surface area contributed by atoms with Crippen LogP contribution in [0.5, 0.6) is 0 Å². The summed E-state index contributed by atoms with van der Waals surface area (Å²) in [5, 5.41) is 4.59. The highest BCUT2D eigenvalue weighted by molar-refractivity contribution is 6.11. The molecular formula is C23H25FN4O. The van der Waals surface area contributed by atoms with E-state index in [9.17, 15) is 9.18 Å². The minimum Gasteiger partial charge on any atom is -0.383 e. The van der Waals surface area contributed by atoms with E-state index in [1.54, 1.807) is 12.3 Å². The Balaban J connectivity index is 1.70. The third-order valence-electron chi connectivity index (χ3n) is 5.71. The first-order valence-electron chi connectivity index (χ1n) is 9.87. The number of carbonyl (C=O) groups is 1. The van der Waals surface area contributed by atoms with Gasteiger partial charge in [0.1, 0.15) is 11.6 Å². The van der Waals surface area contributed by atoms with Crippen molar-refractivity contribution in [2.24, 2.45) is 0 Å². The van der Waals surface area contributed by atoms with Crippen molar-refractivity contribution in [1.29, 1.82) is 0 Å². The highest BCUT2D eigenvalue weighted by atomic mass is 19.1. The van der Waals surface area contributed by atoms with Crippen LogP contribution >= 0.6 is 0 Å². The smallest absolute Gasteiger partial charge is 0.255 e. The number of pyridine rings is 1. The number of piperidine rings is 1. The SMILES string of the molecule is Cc1cccc(F)c1-c1ccc2c(C(=O)NC3CCN(C)CC3)c(N)ncc2c1. The van der Waals surface area contributed by atoms with Gasteiger partial charge in [0.05, 0.1) is 5.56 Å². The van der Waals surface area contributed by atoms with Gasteiger partial charge in [0.2, 0.25) is 0 Å². The molecule has 0 spiro atoms. The fraction of sp³-hybridized carbons (Fsp3) is 0.304. The summed E-state index contributed by atoms with van der Waals surface area (Å²) >= 11 is 0. The van der Waals surface area contributed by atoms with Gasteiger partial charge in [-0.05, 0) is 68.5 Å². The maximum Gasteiger partial charge on any atom is 0.255 e. The second kappa shape index (κ2) is 7.79. The summed E-state index contributed by atoms with van der Waals surface area (Å²) in [6.45, 7) is 3.80. The Bertz CT molecular complexity index is 1050. The molecule has 0 bridgehead atoms. The molecule has 1 aliphatic heterocycles. The lowest BCUT2D eigenvalue weighted by Crippen LogP contribution is -2.43. The molecule has 0 saturated carbocycles. The number of aromatic nitrogens is 1. The number of nitrogens with one attached hydrogen (secondary N) is 1. The molecule has 3 aromatic rings. The summed E-state index contributed by atoms with van der Waals surface area (Å²) < 4.78 is 14.4. The Kier molecular flexibility index (Phi) is 5.20.